The van der Waals surface area contributed by atoms with Crippen molar-refractivity contribution in [3.63, 3.8) is 0 Å². The Labute approximate surface area is 271 Å². The second-order valence-electron chi connectivity index (χ2n) is 11.0. The Morgan fingerprint density at radius 2 is 1.62 bits per heavy atom. The predicted molar refractivity (Wildman–Crippen MR) is 169 cm³/mol. The molecule has 0 aliphatic heterocycles. The van der Waals surface area contributed by atoms with Gasteiger partial charge in [0.05, 0.1) is 21.2 Å². The lowest BCUT2D eigenvalue weighted by atomic mass is 10.1. The molecule has 3 aromatic rings. The summed E-state index contributed by atoms with van der Waals surface area (Å²) < 4.78 is 70.2. The van der Waals surface area contributed by atoms with Crippen molar-refractivity contribution in [3.05, 3.63) is 93.5 Å². The molecule has 45 heavy (non-hydrogen) atoms. The van der Waals surface area contributed by atoms with Crippen LogP contribution >= 0.6 is 23.2 Å². The second-order valence-corrected chi connectivity index (χ2v) is 13.7. The number of hydrogen-bond donors (Lipinski definition) is 1. The summed E-state index contributed by atoms with van der Waals surface area (Å²) in [5, 5.41) is 2.71. The number of anilines is 1. The van der Waals surface area contributed by atoms with Gasteiger partial charge in [0.25, 0.3) is 10.0 Å². The smallest absolute Gasteiger partial charge is 0.352 e. The molecule has 13 heteroatoms. The van der Waals surface area contributed by atoms with Gasteiger partial charge in [0.15, 0.2) is 0 Å². The molecule has 0 heterocycles. The molecule has 242 valence electrons. The number of nitrogens with one attached hydrogen (secondary N) is 1. The first-order valence-corrected chi connectivity index (χ1v) is 16.7. The zero-order chi connectivity index (χ0) is 32.9. The summed E-state index contributed by atoms with van der Waals surface area (Å²) in [6, 6.07) is 14.0. The number of sulfonamides is 1. The van der Waals surface area contributed by atoms with Crippen molar-refractivity contribution in [2.45, 2.75) is 75.7 Å². The molecule has 4 rings (SSSR count). The molecule has 1 saturated carbocycles. The summed E-state index contributed by atoms with van der Waals surface area (Å²) in [6.07, 6.45) is -1.15. The zero-order valence-corrected chi connectivity index (χ0v) is 27.1. The highest BCUT2D eigenvalue weighted by atomic mass is 35.5. The second kappa shape index (κ2) is 14.4. The number of aryl methyl sites for hydroxylation is 1. The van der Waals surface area contributed by atoms with Gasteiger partial charge in [-0.05, 0) is 68.1 Å². The van der Waals surface area contributed by atoms with Crippen LogP contribution in [0.2, 0.25) is 10.0 Å². The van der Waals surface area contributed by atoms with Crippen LogP contribution in [-0.4, -0.2) is 43.8 Å². The van der Waals surface area contributed by atoms with Crippen molar-refractivity contribution in [1.82, 2.24) is 10.2 Å². The van der Waals surface area contributed by atoms with Crippen LogP contribution in [0.3, 0.4) is 0 Å². The Morgan fingerprint density at radius 1 is 0.978 bits per heavy atom. The third-order valence-electron chi connectivity index (χ3n) is 7.82. The molecule has 3 aromatic carbocycles. The monoisotopic (exact) mass is 683 g/mol. The normalized spacial score (nSPS) is 14.6. The first-order chi connectivity index (χ1) is 21.2. The van der Waals surface area contributed by atoms with Gasteiger partial charge in [-0.25, -0.2) is 8.42 Å². The minimum atomic E-state index is -4.89. The van der Waals surface area contributed by atoms with E-state index in [1.54, 1.807) is 50.2 Å². The van der Waals surface area contributed by atoms with Crippen molar-refractivity contribution >= 4 is 50.7 Å². The summed E-state index contributed by atoms with van der Waals surface area (Å²) in [5.74, 6) is -1.20. The fraction of sp³-hybridized carbons (Fsp3) is 0.375. The lowest BCUT2D eigenvalue weighted by Gasteiger charge is -2.34. The molecule has 0 spiro atoms. The van der Waals surface area contributed by atoms with Crippen LogP contribution in [0.25, 0.3) is 0 Å². The van der Waals surface area contributed by atoms with Crippen LogP contribution in [0.4, 0.5) is 18.9 Å². The van der Waals surface area contributed by atoms with Crippen LogP contribution in [0.5, 0.6) is 0 Å². The van der Waals surface area contributed by atoms with E-state index in [1.807, 2.05) is 0 Å². The molecule has 0 aromatic heterocycles. The van der Waals surface area contributed by atoms with Gasteiger partial charge in [0, 0.05) is 17.6 Å². The van der Waals surface area contributed by atoms with Crippen LogP contribution in [-0.2, 0) is 32.3 Å². The molecule has 0 saturated heterocycles. The number of benzene rings is 3. The van der Waals surface area contributed by atoms with E-state index in [9.17, 15) is 31.2 Å². The van der Waals surface area contributed by atoms with E-state index in [4.69, 9.17) is 23.2 Å². The van der Waals surface area contributed by atoms with Gasteiger partial charge in [0.2, 0.25) is 11.8 Å². The van der Waals surface area contributed by atoms with E-state index in [-0.39, 0.29) is 23.9 Å². The number of rotatable bonds is 11. The van der Waals surface area contributed by atoms with Crippen molar-refractivity contribution in [1.29, 1.82) is 0 Å². The van der Waals surface area contributed by atoms with Gasteiger partial charge < -0.3 is 10.2 Å². The summed E-state index contributed by atoms with van der Waals surface area (Å²) in [7, 11) is -4.58. The summed E-state index contributed by atoms with van der Waals surface area (Å²) >= 11 is 12.3. The molecule has 2 amide bonds. The molecule has 1 N–H and O–H groups in total. The standard InChI is InChI=1S/C32H34Cl2F3N3O4S/c1-3-29(31(42)38-23-9-5-6-10-23)39(19-22-8-4-7-11-27(22)33)30(41)20-40(45(43,44)25-15-12-21(2)13-16-25)24-14-17-28(34)26(18-24)32(35,36)37/h4,7-8,11-18,23,29H,3,5-6,9-10,19-20H2,1-2H3,(H,38,42)/t29-/m0/s1. The van der Waals surface area contributed by atoms with Gasteiger partial charge in [0.1, 0.15) is 12.6 Å². The lowest BCUT2D eigenvalue weighted by Crippen LogP contribution is -2.53. The Hall–Kier alpha value is -3.28. The van der Waals surface area contributed by atoms with Gasteiger partial charge >= 0.3 is 6.18 Å². The molecule has 0 unspecified atom stereocenters. The Bertz CT molecular complexity index is 1630. The fourth-order valence-corrected chi connectivity index (χ4v) is 7.18. The molecular formula is C32H34Cl2F3N3O4S. The average Bonchev–Trinajstić information content (AvgIpc) is 3.49. The Kier molecular flexibility index (Phi) is 11.1. The number of carbonyl (C=O) groups is 2. The summed E-state index contributed by atoms with van der Waals surface area (Å²) in [4.78, 5) is 28.8. The molecule has 1 aliphatic rings. The summed E-state index contributed by atoms with van der Waals surface area (Å²) in [6.45, 7) is 2.44. The minimum Gasteiger partial charge on any atom is -0.352 e. The number of nitrogens with zero attached hydrogens (tertiary/aromatic N) is 2. The van der Waals surface area contributed by atoms with E-state index < -0.39 is 56.9 Å². The zero-order valence-electron chi connectivity index (χ0n) is 24.8. The van der Waals surface area contributed by atoms with E-state index in [0.29, 0.717) is 21.0 Å². The van der Waals surface area contributed by atoms with Crippen LogP contribution in [0.1, 0.15) is 55.7 Å². The van der Waals surface area contributed by atoms with E-state index in [0.717, 1.165) is 43.4 Å². The molecule has 1 fully saturated rings. The summed E-state index contributed by atoms with van der Waals surface area (Å²) in [5.41, 5.74) is -0.402. The van der Waals surface area contributed by atoms with Crippen LogP contribution in [0.15, 0.2) is 71.6 Å². The predicted octanol–water partition coefficient (Wildman–Crippen LogP) is 7.38. The number of hydrogen-bond acceptors (Lipinski definition) is 4. The van der Waals surface area contributed by atoms with E-state index in [1.165, 1.54) is 17.0 Å². The Morgan fingerprint density at radius 3 is 2.22 bits per heavy atom. The Balaban J connectivity index is 1.79. The molecule has 1 atom stereocenters. The quantitative estimate of drug-likeness (QED) is 0.229. The number of alkyl halides is 3. The third-order valence-corrected chi connectivity index (χ3v) is 10.3. The van der Waals surface area contributed by atoms with Gasteiger partial charge in [-0.3, -0.25) is 13.9 Å². The highest BCUT2D eigenvalue weighted by Gasteiger charge is 2.37. The van der Waals surface area contributed by atoms with Crippen LogP contribution < -0.4 is 9.62 Å². The highest BCUT2D eigenvalue weighted by molar-refractivity contribution is 7.92. The van der Waals surface area contributed by atoms with Crippen LogP contribution in [0, 0.1) is 6.92 Å². The maximum absolute atomic E-state index is 14.2. The molecule has 7 nitrogen and oxygen atoms in total. The van der Waals surface area contributed by atoms with Crippen molar-refractivity contribution in [2.24, 2.45) is 0 Å². The lowest BCUT2D eigenvalue weighted by molar-refractivity contribution is -0.140. The third kappa shape index (κ3) is 8.31. The SMILES string of the molecule is CC[C@@H](C(=O)NC1CCCC1)N(Cc1ccccc1Cl)C(=O)CN(c1ccc(Cl)c(C(F)(F)F)c1)S(=O)(=O)c1ccc(C)cc1. The first kappa shape index (κ1) is 34.6. The van der Waals surface area contributed by atoms with Crippen molar-refractivity contribution < 1.29 is 31.2 Å². The van der Waals surface area contributed by atoms with Gasteiger partial charge in [-0.1, -0.05) is 78.9 Å². The maximum atomic E-state index is 14.2. The largest absolute Gasteiger partial charge is 0.417 e. The molecular weight excluding hydrogens is 650 g/mol. The topological polar surface area (TPSA) is 86.8 Å². The first-order valence-electron chi connectivity index (χ1n) is 14.5. The minimum absolute atomic E-state index is 0.0444. The molecule has 1 aliphatic carbocycles. The maximum Gasteiger partial charge on any atom is 0.417 e. The van der Waals surface area contributed by atoms with Crippen molar-refractivity contribution in [3.8, 4) is 0 Å². The highest BCUT2D eigenvalue weighted by Crippen LogP contribution is 2.38. The van der Waals surface area contributed by atoms with Crippen molar-refractivity contribution in [2.75, 3.05) is 10.8 Å². The number of carbonyl (C=O) groups excluding carboxylic acids is 2. The van der Waals surface area contributed by atoms with Gasteiger partial charge in [-0.2, -0.15) is 13.2 Å². The number of amides is 2. The fourth-order valence-electron chi connectivity index (χ4n) is 5.35. The average molecular weight is 685 g/mol. The molecule has 0 radical (unpaired) electrons. The number of halogens is 5. The van der Waals surface area contributed by atoms with E-state index in [2.05, 4.69) is 5.32 Å². The van der Waals surface area contributed by atoms with E-state index >= 15 is 0 Å². The molecule has 0 bridgehead atoms. The van der Waals surface area contributed by atoms with Gasteiger partial charge in [-0.15, -0.1) is 0 Å².